The van der Waals surface area contributed by atoms with E-state index < -0.39 is 0 Å². The maximum absolute atomic E-state index is 3.53. The van der Waals surface area contributed by atoms with Crippen molar-refractivity contribution in [2.24, 2.45) is 0 Å². The summed E-state index contributed by atoms with van der Waals surface area (Å²) in [4.78, 5) is 0. The summed E-state index contributed by atoms with van der Waals surface area (Å²) in [6.07, 6.45) is 2.17. The minimum atomic E-state index is 0.318. The SMILES string of the molecule is CSC(C)(C)CNCc1cc(C)cc(C)c1. The first-order valence-electron chi connectivity index (χ1n) is 5.76. The van der Waals surface area contributed by atoms with Gasteiger partial charge in [-0.1, -0.05) is 29.3 Å². The van der Waals surface area contributed by atoms with Crippen molar-refractivity contribution in [2.45, 2.75) is 39.0 Å². The summed E-state index contributed by atoms with van der Waals surface area (Å²) < 4.78 is 0.318. The summed E-state index contributed by atoms with van der Waals surface area (Å²) in [5.41, 5.74) is 4.08. The quantitative estimate of drug-likeness (QED) is 0.840. The highest BCUT2D eigenvalue weighted by Crippen LogP contribution is 2.19. The Hall–Kier alpha value is -0.470. The Labute approximate surface area is 104 Å². The molecule has 1 nitrogen and oxygen atoms in total. The monoisotopic (exact) mass is 237 g/mol. The van der Waals surface area contributed by atoms with E-state index in [2.05, 4.69) is 57.5 Å². The molecule has 0 saturated heterocycles. The van der Waals surface area contributed by atoms with Gasteiger partial charge in [-0.15, -0.1) is 0 Å². The Morgan fingerprint density at radius 1 is 1.12 bits per heavy atom. The highest BCUT2D eigenvalue weighted by atomic mass is 32.2. The molecule has 0 fully saturated rings. The van der Waals surface area contributed by atoms with Crippen molar-refractivity contribution in [3.8, 4) is 0 Å². The molecule has 0 saturated carbocycles. The molecular weight excluding hydrogens is 214 g/mol. The molecule has 0 spiro atoms. The van der Waals surface area contributed by atoms with Gasteiger partial charge >= 0.3 is 0 Å². The zero-order valence-electron chi connectivity index (χ0n) is 11.1. The lowest BCUT2D eigenvalue weighted by Crippen LogP contribution is -2.31. The second-order valence-corrected chi connectivity index (χ2v) is 6.58. The Morgan fingerprint density at radius 2 is 1.69 bits per heavy atom. The third-order valence-electron chi connectivity index (χ3n) is 2.71. The van der Waals surface area contributed by atoms with Crippen LogP contribution in [0.15, 0.2) is 18.2 Å². The van der Waals surface area contributed by atoms with Crippen LogP contribution in [0.2, 0.25) is 0 Å². The number of hydrogen-bond acceptors (Lipinski definition) is 2. The van der Waals surface area contributed by atoms with E-state index >= 15 is 0 Å². The Balaban J connectivity index is 2.49. The van der Waals surface area contributed by atoms with Gasteiger partial charge in [0.05, 0.1) is 0 Å². The third kappa shape index (κ3) is 4.58. The lowest BCUT2D eigenvalue weighted by atomic mass is 10.1. The molecule has 1 rings (SSSR count). The van der Waals surface area contributed by atoms with E-state index in [1.807, 2.05) is 11.8 Å². The topological polar surface area (TPSA) is 12.0 Å². The molecule has 0 heterocycles. The van der Waals surface area contributed by atoms with Gasteiger partial charge in [0.2, 0.25) is 0 Å². The molecule has 0 aliphatic rings. The van der Waals surface area contributed by atoms with Crippen LogP contribution < -0.4 is 5.32 Å². The average molecular weight is 237 g/mol. The van der Waals surface area contributed by atoms with Crippen molar-refractivity contribution in [3.63, 3.8) is 0 Å². The molecule has 2 heteroatoms. The van der Waals surface area contributed by atoms with Crippen molar-refractivity contribution in [3.05, 3.63) is 34.9 Å². The van der Waals surface area contributed by atoms with Gasteiger partial charge in [0.15, 0.2) is 0 Å². The fourth-order valence-corrected chi connectivity index (χ4v) is 2.00. The van der Waals surface area contributed by atoms with Gasteiger partial charge in [0.25, 0.3) is 0 Å². The lowest BCUT2D eigenvalue weighted by Gasteiger charge is -2.22. The minimum Gasteiger partial charge on any atom is -0.311 e. The highest BCUT2D eigenvalue weighted by molar-refractivity contribution is 7.99. The van der Waals surface area contributed by atoms with Crippen molar-refractivity contribution < 1.29 is 0 Å². The lowest BCUT2D eigenvalue weighted by molar-refractivity contribution is 0.591. The Morgan fingerprint density at radius 3 is 2.19 bits per heavy atom. The van der Waals surface area contributed by atoms with E-state index in [1.165, 1.54) is 16.7 Å². The summed E-state index contributed by atoms with van der Waals surface area (Å²) in [6, 6.07) is 6.73. The van der Waals surface area contributed by atoms with Crippen LogP contribution in [0.5, 0.6) is 0 Å². The number of benzene rings is 1. The Kier molecular flexibility index (Phi) is 4.88. The van der Waals surface area contributed by atoms with Crippen molar-refractivity contribution in [1.29, 1.82) is 0 Å². The number of nitrogens with one attached hydrogen (secondary N) is 1. The summed E-state index contributed by atoms with van der Waals surface area (Å²) in [5.74, 6) is 0. The molecule has 0 radical (unpaired) electrons. The van der Waals surface area contributed by atoms with Gasteiger partial charge < -0.3 is 5.32 Å². The summed E-state index contributed by atoms with van der Waals surface area (Å²) in [5, 5.41) is 3.53. The molecule has 0 atom stereocenters. The van der Waals surface area contributed by atoms with Gasteiger partial charge in [0, 0.05) is 17.8 Å². The van der Waals surface area contributed by atoms with Gasteiger partial charge in [-0.3, -0.25) is 0 Å². The van der Waals surface area contributed by atoms with Crippen molar-refractivity contribution in [2.75, 3.05) is 12.8 Å². The van der Waals surface area contributed by atoms with Crippen LogP contribution in [0, 0.1) is 13.8 Å². The first-order valence-corrected chi connectivity index (χ1v) is 6.98. The van der Waals surface area contributed by atoms with Crippen molar-refractivity contribution >= 4 is 11.8 Å². The molecule has 0 amide bonds. The second-order valence-electron chi connectivity index (χ2n) is 5.06. The highest BCUT2D eigenvalue weighted by Gasteiger charge is 2.14. The third-order valence-corrected chi connectivity index (χ3v) is 3.96. The average Bonchev–Trinajstić information content (AvgIpc) is 2.16. The molecule has 0 aliphatic heterocycles. The maximum atomic E-state index is 3.53. The van der Waals surface area contributed by atoms with Crippen LogP contribution in [-0.2, 0) is 6.54 Å². The largest absolute Gasteiger partial charge is 0.311 e. The minimum absolute atomic E-state index is 0.318. The van der Waals surface area contributed by atoms with Crippen LogP contribution in [-0.4, -0.2) is 17.5 Å². The molecule has 0 unspecified atom stereocenters. The zero-order valence-corrected chi connectivity index (χ0v) is 11.9. The van der Waals surface area contributed by atoms with Gasteiger partial charge in [0.1, 0.15) is 0 Å². The maximum Gasteiger partial charge on any atom is 0.0225 e. The first kappa shape index (κ1) is 13.6. The molecule has 90 valence electrons. The molecule has 16 heavy (non-hydrogen) atoms. The summed E-state index contributed by atoms with van der Waals surface area (Å²) >= 11 is 1.91. The van der Waals surface area contributed by atoms with Crippen molar-refractivity contribution in [1.82, 2.24) is 5.32 Å². The number of aryl methyl sites for hydroxylation is 2. The fourth-order valence-electron chi connectivity index (χ4n) is 1.75. The van der Waals surface area contributed by atoms with Crippen LogP contribution in [0.4, 0.5) is 0 Å². The van der Waals surface area contributed by atoms with Gasteiger partial charge in [-0.25, -0.2) is 0 Å². The van der Waals surface area contributed by atoms with Gasteiger partial charge in [-0.05, 0) is 39.5 Å². The summed E-state index contributed by atoms with van der Waals surface area (Å²) in [7, 11) is 0. The van der Waals surface area contributed by atoms with E-state index in [0.717, 1.165) is 13.1 Å². The normalized spacial score (nSPS) is 11.8. The predicted molar refractivity (Wildman–Crippen MR) is 75.2 cm³/mol. The molecule has 0 aliphatic carbocycles. The smallest absolute Gasteiger partial charge is 0.0225 e. The first-order chi connectivity index (χ1) is 7.43. The number of rotatable bonds is 5. The molecule has 0 bridgehead atoms. The van der Waals surface area contributed by atoms with E-state index in [1.54, 1.807) is 0 Å². The molecule has 0 aromatic heterocycles. The standard InChI is InChI=1S/C14H23NS/c1-11-6-12(2)8-13(7-11)9-15-10-14(3,4)16-5/h6-8,15H,9-10H2,1-5H3. The Bertz CT molecular complexity index is 324. The van der Waals surface area contributed by atoms with Crippen LogP contribution >= 0.6 is 11.8 Å². The molecular formula is C14H23NS. The predicted octanol–water partition coefficient (Wildman–Crippen LogP) is 3.53. The molecule has 1 aromatic rings. The molecule has 1 aromatic carbocycles. The number of hydrogen-bond donors (Lipinski definition) is 1. The van der Waals surface area contributed by atoms with Gasteiger partial charge in [-0.2, -0.15) is 11.8 Å². The molecule has 1 N–H and O–H groups in total. The fraction of sp³-hybridized carbons (Fsp3) is 0.571. The van der Waals surface area contributed by atoms with Crippen LogP contribution in [0.25, 0.3) is 0 Å². The zero-order chi connectivity index (χ0) is 12.2. The number of thioether (sulfide) groups is 1. The van der Waals surface area contributed by atoms with E-state index in [9.17, 15) is 0 Å². The summed E-state index contributed by atoms with van der Waals surface area (Å²) in [6.45, 7) is 10.9. The second kappa shape index (κ2) is 5.74. The van der Waals surface area contributed by atoms with E-state index in [-0.39, 0.29) is 0 Å². The van der Waals surface area contributed by atoms with Crippen LogP contribution in [0.3, 0.4) is 0 Å². The van der Waals surface area contributed by atoms with Crippen LogP contribution in [0.1, 0.15) is 30.5 Å². The van der Waals surface area contributed by atoms with E-state index in [4.69, 9.17) is 0 Å². The van der Waals surface area contributed by atoms with E-state index in [0.29, 0.717) is 4.75 Å².